The van der Waals surface area contributed by atoms with Crippen LogP contribution in [0.1, 0.15) is 39.5 Å². The number of hydrogen-bond donors (Lipinski definition) is 1. The minimum absolute atomic E-state index is 0.221. The summed E-state index contributed by atoms with van der Waals surface area (Å²) in [5.41, 5.74) is 0. The summed E-state index contributed by atoms with van der Waals surface area (Å²) < 4.78 is 30.4. The second kappa shape index (κ2) is 5.16. The van der Waals surface area contributed by atoms with Gasteiger partial charge in [-0.3, -0.25) is 0 Å². The van der Waals surface area contributed by atoms with Gasteiger partial charge in [-0.1, -0.05) is 60.6 Å². The third-order valence-corrected chi connectivity index (χ3v) is 10.1. The van der Waals surface area contributed by atoms with Crippen LogP contribution in [0.25, 0.3) is 0 Å². The van der Waals surface area contributed by atoms with Crippen molar-refractivity contribution in [2.24, 2.45) is 0 Å². The van der Waals surface area contributed by atoms with E-state index in [2.05, 4.69) is 29.5 Å². The molecule has 1 N–H and O–H groups in total. The van der Waals surface area contributed by atoms with Crippen LogP contribution in [-0.2, 0) is 14.6 Å². The first-order valence-corrected chi connectivity index (χ1v) is 10.2. The summed E-state index contributed by atoms with van der Waals surface area (Å²) in [7, 11) is -3.67. The lowest BCUT2D eigenvalue weighted by atomic mass is 10.1. The molecule has 3 rings (SSSR count). The number of benzene rings is 1. The van der Waals surface area contributed by atoms with Gasteiger partial charge in [0.15, 0.2) is 15.6 Å². The quantitative estimate of drug-likeness (QED) is 0.570. The van der Waals surface area contributed by atoms with Gasteiger partial charge in [0.05, 0.1) is 14.4 Å². The number of hydrogen-bond acceptors (Lipinski definition) is 4. The molecule has 1 aromatic carbocycles. The molecule has 2 fully saturated rings. The molecular weight excluding hydrogens is 415 g/mol. The Morgan fingerprint density at radius 3 is 2.55 bits per heavy atom. The average molecular weight is 436 g/mol. The van der Waals surface area contributed by atoms with Gasteiger partial charge in [-0.25, -0.2) is 8.42 Å². The van der Waals surface area contributed by atoms with E-state index in [4.69, 9.17) is 4.74 Å². The van der Waals surface area contributed by atoms with Crippen molar-refractivity contribution < 1.29 is 18.3 Å². The number of ether oxygens (including phenoxy) is 1. The molecule has 1 saturated carbocycles. The Bertz CT molecular complexity index is 673. The molecular formula is C16H21IO4S. The lowest BCUT2D eigenvalue weighted by Crippen LogP contribution is -2.47. The number of fused-ring (bicyclic) bond motifs is 1. The van der Waals surface area contributed by atoms with Crippen LogP contribution in [0.4, 0.5) is 0 Å². The Morgan fingerprint density at radius 2 is 2.00 bits per heavy atom. The molecule has 0 unspecified atom stereocenters. The van der Waals surface area contributed by atoms with Gasteiger partial charge in [0.1, 0.15) is 4.75 Å². The van der Waals surface area contributed by atoms with Crippen molar-refractivity contribution in [1.29, 1.82) is 0 Å². The van der Waals surface area contributed by atoms with E-state index in [0.29, 0.717) is 6.42 Å². The first-order valence-electron chi connectivity index (χ1n) is 7.62. The summed E-state index contributed by atoms with van der Waals surface area (Å²) in [6, 6.07) is 8.39. The van der Waals surface area contributed by atoms with Gasteiger partial charge < -0.3 is 9.84 Å². The van der Waals surface area contributed by atoms with Crippen LogP contribution < -0.4 is 0 Å². The van der Waals surface area contributed by atoms with Crippen LogP contribution in [0.5, 0.6) is 0 Å². The van der Waals surface area contributed by atoms with Crippen molar-refractivity contribution in [1.82, 2.24) is 0 Å². The average Bonchev–Trinajstić information content (AvgIpc) is 3.10. The first-order chi connectivity index (χ1) is 10.2. The Labute approximate surface area is 145 Å². The summed E-state index contributed by atoms with van der Waals surface area (Å²) in [6.45, 7) is 3.59. The van der Waals surface area contributed by atoms with Crippen LogP contribution >= 0.6 is 22.6 Å². The second-order valence-corrected chi connectivity index (χ2v) is 10.5. The summed E-state index contributed by atoms with van der Waals surface area (Å²) in [5.74, 6) is -1.65. The fourth-order valence-corrected chi connectivity index (χ4v) is 8.85. The standard InChI is InChI=1S/C16H21IO4S/c1-3-4-10-13-15(17)11-16(15,14(2,18)21-13)22(19,20)12-8-6-5-7-9-12/h5-9,13,18H,3-4,10-11H2,1-2H3/t13-,14+,15-,16+/m0/s1. The zero-order valence-corrected chi connectivity index (χ0v) is 15.7. The molecule has 0 bridgehead atoms. The van der Waals surface area contributed by atoms with Gasteiger partial charge in [-0.2, -0.15) is 0 Å². The van der Waals surface area contributed by atoms with Crippen molar-refractivity contribution in [2.45, 2.75) is 64.5 Å². The van der Waals surface area contributed by atoms with Crippen LogP contribution in [0.2, 0.25) is 0 Å². The number of alkyl halides is 1. The monoisotopic (exact) mass is 436 g/mol. The molecule has 0 aromatic heterocycles. The van der Waals surface area contributed by atoms with E-state index in [-0.39, 0.29) is 11.0 Å². The lowest BCUT2D eigenvalue weighted by molar-refractivity contribution is -0.195. The van der Waals surface area contributed by atoms with Crippen molar-refractivity contribution in [2.75, 3.05) is 0 Å². The van der Waals surface area contributed by atoms with E-state index in [1.54, 1.807) is 30.3 Å². The van der Waals surface area contributed by atoms with Gasteiger partial charge in [0, 0.05) is 0 Å². The number of sulfone groups is 1. The lowest BCUT2D eigenvalue weighted by Gasteiger charge is -2.29. The van der Waals surface area contributed by atoms with Crippen LogP contribution in [0.15, 0.2) is 35.2 Å². The molecule has 4 nitrogen and oxygen atoms in total. The summed E-state index contributed by atoms with van der Waals surface area (Å²) in [6.07, 6.45) is 2.99. The van der Waals surface area contributed by atoms with Gasteiger partial charge in [-0.05, 0) is 31.9 Å². The third-order valence-electron chi connectivity index (χ3n) is 5.02. The molecule has 0 radical (unpaired) electrons. The Morgan fingerprint density at radius 1 is 1.36 bits per heavy atom. The molecule has 0 amide bonds. The van der Waals surface area contributed by atoms with E-state index in [1.165, 1.54) is 6.92 Å². The smallest absolute Gasteiger partial charge is 0.190 e. The van der Waals surface area contributed by atoms with E-state index < -0.39 is 23.8 Å². The molecule has 1 aliphatic carbocycles. The SMILES string of the molecule is CCCC[C@@H]1O[C@@](C)(O)[C@]2(S(=O)(=O)c3ccccc3)C[C@]12I. The molecule has 6 heteroatoms. The van der Waals surface area contributed by atoms with E-state index >= 15 is 0 Å². The molecule has 2 aliphatic rings. The van der Waals surface area contributed by atoms with Gasteiger partial charge in [0.25, 0.3) is 0 Å². The molecule has 1 aliphatic heterocycles. The van der Waals surface area contributed by atoms with E-state index in [1.807, 2.05) is 0 Å². The number of halogens is 1. The van der Waals surface area contributed by atoms with Crippen LogP contribution in [-0.4, -0.2) is 33.6 Å². The molecule has 122 valence electrons. The minimum atomic E-state index is -3.67. The Kier molecular flexibility index (Phi) is 3.91. The highest BCUT2D eigenvalue weighted by Crippen LogP contribution is 2.73. The largest absolute Gasteiger partial charge is 0.364 e. The molecule has 1 saturated heterocycles. The van der Waals surface area contributed by atoms with Gasteiger partial charge in [0.2, 0.25) is 0 Å². The van der Waals surface area contributed by atoms with Crippen LogP contribution in [0, 0.1) is 0 Å². The maximum absolute atomic E-state index is 13.2. The van der Waals surface area contributed by atoms with Crippen molar-refractivity contribution in [3.8, 4) is 0 Å². The number of aliphatic hydroxyl groups is 1. The predicted octanol–water partition coefficient (Wildman–Crippen LogP) is 3.07. The topological polar surface area (TPSA) is 63.6 Å². The molecule has 22 heavy (non-hydrogen) atoms. The normalized spacial score (nSPS) is 40.5. The van der Waals surface area contributed by atoms with Crippen LogP contribution in [0.3, 0.4) is 0 Å². The summed E-state index contributed by atoms with van der Waals surface area (Å²) in [4.78, 5) is 0.258. The van der Waals surface area contributed by atoms with Crippen molar-refractivity contribution >= 4 is 32.4 Å². The van der Waals surface area contributed by atoms with Crippen molar-refractivity contribution in [3.05, 3.63) is 30.3 Å². The van der Waals surface area contributed by atoms with Gasteiger partial charge >= 0.3 is 0 Å². The van der Waals surface area contributed by atoms with E-state index in [9.17, 15) is 13.5 Å². The summed E-state index contributed by atoms with van der Waals surface area (Å²) >= 11 is 2.21. The maximum Gasteiger partial charge on any atom is 0.190 e. The zero-order chi connectivity index (χ0) is 16.2. The third kappa shape index (κ3) is 1.96. The number of unbranched alkanes of at least 4 members (excludes halogenated alkanes) is 1. The highest BCUT2D eigenvalue weighted by Gasteiger charge is 2.88. The highest BCUT2D eigenvalue weighted by molar-refractivity contribution is 14.1. The Hall–Kier alpha value is -0.180. The van der Waals surface area contributed by atoms with Gasteiger partial charge in [-0.15, -0.1) is 0 Å². The molecule has 0 spiro atoms. The molecule has 1 aromatic rings. The summed E-state index contributed by atoms with van der Waals surface area (Å²) in [5, 5.41) is 10.8. The zero-order valence-electron chi connectivity index (χ0n) is 12.8. The minimum Gasteiger partial charge on any atom is -0.364 e. The fraction of sp³-hybridized carbons (Fsp3) is 0.625. The van der Waals surface area contributed by atoms with Crippen molar-refractivity contribution in [3.63, 3.8) is 0 Å². The molecule has 4 atom stereocenters. The highest BCUT2D eigenvalue weighted by atomic mass is 127. The first kappa shape index (κ1) is 16.7. The fourth-order valence-electron chi connectivity index (χ4n) is 3.75. The van der Waals surface area contributed by atoms with E-state index in [0.717, 1.165) is 19.3 Å². The predicted molar refractivity (Wildman–Crippen MR) is 92.7 cm³/mol. The maximum atomic E-state index is 13.2. The second-order valence-electron chi connectivity index (χ2n) is 6.41. The Balaban J connectivity index is 2.04. The molecule has 1 heterocycles. The number of rotatable bonds is 5.